The van der Waals surface area contributed by atoms with Crippen LogP contribution in [-0.4, -0.2) is 41.2 Å². The van der Waals surface area contributed by atoms with Crippen molar-refractivity contribution in [2.75, 3.05) is 19.7 Å². The SMILES string of the molecule is Cc1cccc(C)c1OCCC(=O)N1CCC(C)(O)C1. The van der Waals surface area contributed by atoms with Gasteiger partial charge in [0.15, 0.2) is 0 Å². The van der Waals surface area contributed by atoms with Gasteiger partial charge in [-0.25, -0.2) is 0 Å². The molecular weight excluding hydrogens is 254 g/mol. The lowest BCUT2D eigenvalue weighted by Gasteiger charge is -2.19. The van der Waals surface area contributed by atoms with E-state index in [4.69, 9.17) is 4.74 Å². The minimum absolute atomic E-state index is 0.0500. The Hall–Kier alpha value is -1.55. The summed E-state index contributed by atoms with van der Waals surface area (Å²) in [7, 11) is 0. The lowest BCUT2D eigenvalue weighted by atomic mass is 10.1. The van der Waals surface area contributed by atoms with Crippen molar-refractivity contribution >= 4 is 5.91 Å². The fraction of sp³-hybridized carbons (Fsp3) is 0.562. The molecule has 1 aliphatic heterocycles. The molecule has 0 aromatic heterocycles. The number of carbonyl (C=O) groups excluding carboxylic acids is 1. The number of hydrogen-bond acceptors (Lipinski definition) is 3. The Kier molecular flexibility index (Phi) is 4.33. The predicted molar refractivity (Wildman–Crippen MR) is 77.8 cm³/mol. The standard InChI is InChI=1S/C16H23NO3/c1-12-5-4-6-13(2)15(12)20-10-7-14(18)17-9-8-16(3,19)11-17/h4-6,19H,7-11H2,1-3H3. The Morgan fingerprint density at radius 2 is 2.05 bits per heavy atom. The van der Waals surface area contributed by atoms with Gasteiger partial charge in [-0.1, -0.05) is 18.2 Å². The zero-order valence-electron chi connectivity index (χ0n) is 12.5. The number of para-hydroxylation sites is 1. The van der Waals surface area contributed by atoms with Crippen LogP contribution in [-0.2, 0) is 4.79 Å². The number of nitrogens with zero attached hydrogens (tertiary/aromatic N) is 1. The fourth-order valence-corrected chi connectivity index (χ4v) is 2.58. The van der Waals surface area contributed by atoms with Gasteiger partial charge in [-0.2, -0.15) is 0 Å². The number of aliphatic hydroxyl groups is 1. The highest BCUT2D eigenvalue weighted by atomic mass is 16.5. The number of carbonyl (C=O) groups is 1. The first-order chi connectivity index (χ1) is 9.39. The lowest BCUT2D eigenvalue weighted by molar-refractivity contribution is -0.131. The van der Waals surface area contributed by atoms with Gasteiger partial charge in [0.05, 0.1) is 18.6 Å². The zero-order valence-corrected chi connectivity index (χ0v) is 12.5. The summed E-state index contributed by atoms with van der Waals surface area (Å²) in [5.41, 5.74) is 1.44. The Labute approximate surface area is 120 Å². The van der Waals surface area contributed by atoms with Gasteiger partial charge in [0.2, 0.25) is 5.91 Å². The minimum atomic E-state index is -0.733. The molecule has 4 nitrogen and oxygen atoms in total. The van der Waals surface area contributed by atoms with Crippen LogP contribution < -0.4 is 4.74 Å². The molecule has 1 aromatic rings. The summed E-state index contributed by atoms with van der Waals surface area (Å²) in [6, 6.07) is 6.00. The van der Waals surface area contributed by atoms with Crippen LogP contribution >= 0.6 is 0 Å². The summed E-state index contributed by atoms with van der Waals surface area (Å²) in [6.45, 7) is 7.21. The molecule has 0 radical (unpaired) electrons. The summed E-state index contributed by atoms with van der Waals surface area (Å²) < 4.78 is 5.74. The second-order valence-electron chi connectivity index (χ2n) is 5.88. The fourth-order valence-electron chi connectivity index (χ4n) is 2.58. The van der Waals surface area contributed by atoms with Crippen LogP contribution in [0.3, 0.4) is 0 Å². The van der Waals surface area contributed by atoms with Crippen LogP contribution in [0.1, 0.15) is 30.9 Å². The van der Waals surface area contributed by atoms with E-state index in [1.807, 2.05) is 32.0 Å². The van der Waals surface area contributed by atoms with Crippen LogP contribution in [0.4, 0.5) is 0 Å². The van der Waals surface area contributed by atoms with E-state index in [2.05, 4.69) is 0 Å². The van der Waals surface area contributed by atoms with Crippen molar-refractivity contribution < 1.29 is 14.6 Å². The van der Waals surface area contributed by atoms with E-state index in [1.165, 1.54) is 0 Å². The molecule has 1 atom stereocenters. The third-order valence-corrected chi connectivity index (χ3v) is 3.78. The number of benzene rings is 1. The van der Waals surface area contributed by atoms with Gasteiger partial charge >= 0.3 is 0 Å². The minimum Gasteiger partial charge on any atom is -0.493 e. The highest BCUT2D eigenvalue weighted by Gasteiger charge is 2.33. The van der Waals surface area contributed by atoms with E-state index < -0.39 is 5.60 Å². The number of rotatable bonds is 4. The lowest BCUT2D eigenvalue weighted by Crippen LogP contribution is -2.34. The summed E-state index contributed by atoms with van der Waals surface area (Å²) in [6.07, 6.45) is 1.00. The Morgan fingerprint density at radius 1 is 1.40 bits per heavy atom. The largest absolute Gasteiger partial charge is 0.493 e. The molecule has 1 aliphatic rings. The highest BCUT2D eigenvalue weighted by Crippen LogP contribution is 2.23. The Morgan fingerprint density at radius 3 is 2.60 bits per heavy atom. The molecule has 1 saturated heterocycles. The summed E-state index contributed by atoms with van der Waals surface area (Å²) in [4.78, 5) is 13.7. The third-order valence-electron chi connectivity index (χ3n) is 3.78. The second kappa shape index (κ2) is 5.83. The first-order valence-corrected chi connectivity index (χ1v) is 7.08. The average molecular weight is 277 g/mol. The Balaban J connectivity index is 1.83. The van der Waals surface area contributed by atoms with Crippen molar-refractivity contribution in [2.24, 2.45) is 0 Å². The van der Waals surface area contributed by atoms with Crippen molar-refractivity contribution in [3.63, 3.8) is 0 Å². The van der Waals surface area contributed by atoms with E-state index in [-0.39, 0.29) is 5.91 Å². The Bertz CT molecular complexity index is 476. The molecule has 1 aromatic carbocycles. The molecule has 4 heteroatoms. The second-order valence-corrected chi connectivity index (χ2v) is 5.88. The summed E-state index contributed by atoms with van der Waals surface area (Å²) in [5, 5.41) is 9.86. The molecule has 0 aliphatic carbocycles. The number of hydrogen-bond donors (Lipinski definition) is 1. The van der Waals surface area contributed by atoms with Crippen LogP contribution in [0, 0.1) is 13.8 Å². The number of β-amino-alcohol motifs (C(OH)–C–C–N with tert-alkyl or cyclic N) is 1. The molecule has 0 saturated carbocycles. The van der Waals surface area contributed by atoms with Gasteiger partial charge in [0.1, 0.15) is 5.75 Å². The molecular formula is C16H23NO3. The molecule has 0 bridgehead atoms. The van der Waals surface area contributed by atoms with Gasteiger partial charge in [-0.3, -0.25) is 4.79 Å². The molecule has 1 unspecified atom stereocenters. The van der Waals surface area contributed by atoms with Gasteiger partial charge in [-0.05, 0) is 38.3 Å². The predicted octanol–water partition coefficient (Wildman–Crippen LogP) is 2.06. The van der Waals surface area contributed by atoms with E-state index >= 15 is 0 Å². The topological polar surface area (TPSA) is 49.8 Å². The average Bonchev–Trinajstić information content (AvgIpc) is 2.73. The van der Waals surface area contributed by atoms with E-state index in [9.17, 15) is 9.90 Å². The van der Waals surface area contributed by atoms with E-state index in [0.29, 0.717) is 32.5 Å². The van der Waals surface area contributed by atoms with Gasteiger partial charge < -0.3 is 14.7 Å². The third kappa shape index (κ3) is 3.51. The van der Waals surface area contributed by atoms with Gasteiger partial charge in [-0.15, -0.1) is 0 Å². The molecule has 20 heavy (non-hydrogen) atoms. The maximum Gasteiger partial charge on any atom is 0.226 e. The van der Waals surface area contributed by atoms with E-state index in [1.54, 1.807) is 11.8 Å². The van der Waals surface area contributed by atoms with Crippen molar-refractivity contribution in [1.82, 2.24) is 4.90 Å². The molecule has 1 N–H and O–H groups in total. The first-order valence-electron chi connectivity index (χ1n) is 7.08. The molecule has 110 valence electrons. The zero-order chi connectivity index (χ0) is 14.8. The van der Waals surface area contributed by atoms with Crippen LogP contribution in [0.2, 0.25) is 0 Å². The maximum absolute atomic E-state index is 12.0. The van der Waals surface area contributed by atoms with Crippen molar-refractivity contribution in [1.29, 1.82) is 0 Å². The molecule has 1 fully saturated rings. The number of aryl methyl sites for hydroxylation is 2. The molecule has 1 heterocycles. The highest BCUT2D eigenvalue weighted by molar-refractivity contribution is 5.76. The quantitative estimate of drug-likeness (QED) is 0.916. The summed E-state index contributed by atoms with van der Waals surface area (Å²) >= 11 is 0. The van der Waals surface area contributed by atoms with Crippen molar-refractivity contribution in [3.8, 4) is 5.75 Å². The van der Waals surface area contributed by atoms with Crippen LogP contribution in [0.25, 0.3) is 0 Å². The molecule has 0 spiro atoms. The number of likely N-dealkylation sites (tertiary alicyclic amines) is 1. The monoisotopic (exact) mass is 277 g/mol. The van der Waals surface area contributed by atoms with Gasteiger partial charge in [0, 0.05) is 13.1 Å². The van der Waals surface area contributed by atoms with Gasteiger partial charge in [0.25, 0.3) is 0 Å². The number of ether oxygens (including phenoxy) is 1. The van der Waals surface area contributed by atoms with Crippen molar-refractivity contribution in [2.45, 2.75) is 39.2 Å². The van der Waals surface area contributed by atoms with Crippen LogP contribution in [0.15, 0.2) is 18.2 Å². The molecule has 2 rings (SSSR count). The van der Waals surface area contributed by atoms with Crippen LogP contribution in [0.5, 0.6) is 5.75 Å². The van der Waals surface area contributed by atoms with Crippen molar-refractivity contribution in [3.05, 3.63) is 29.3 Å². The molecule has 1 amide bonds. The normalized spacial score (nSPS) is 22.1. The smallest absolute Gasteiger partial charge is 0.226 e. The maximum atomic E-state index is 12.0. The first kappa shape index (κ1) is 14.9. The summed E-state index contributed by atoms with van der Waals surface area (Å²) in [5.74, 6) is 0.919. The van der Waals surface area contributed by atoms with E-state index in [0.717, 1.165) is 16.9 Å². The number of amides is 1.